The van der Waals surface area contributed by atoms with Crippen LogP contribution in [0.2, 0.25) is 0 Å². The second-order valence-electron chi connectivity index (χ2n) is 4.91. The number of allylic oxidation sites excluding steroid dienone is 4. The molecule has 1 heterocycles. The lowest BCUT2D eigenvalue weighted by Gasteiger charge is -2.17. The summed E-state index contributed by atoms with van der Waals surface area (Å²) in [6, 6.07) is 0. The molecule has 0 aromatic rings. The topological polar surface area (TPSA) is 48.1 Å². The van der Waals surface area contributed by atoms with Crippen molar-refractivity contribution in [1.29, 1.82) is 0 Å². The molecule has 0 unspecified atom stereocenters. The zero-order valence-electron chi connectivity index (χ0n) is 12.2. The monoisotopic (exact) mass is 252 g/mol. The maximum absolute atomic E-state index is 3.46. The second kappa shape index (κ2) is 7.90. The third-order valence-corrected chi connectivity index (χ3v) is 3.39. The molecular weight excluding hydrogens is 224 g/mol. The van der Waals surface area contributed by atoms with Gasteiger partial charge in [0.2, 0.25) is 0 Å². The van der Waals surface area contributed by atoms with Crippen molar-refractivity contribution < 1.29 is 0 Å². The van der Waals surface area contributed by atoms with Gasteiger partial charge in [0.1, 0.15) is 0 Å². The Bertz CT molecular complexity index is 258. The Labute approximate surface area is 111 Å². The van der Waals surface area contributed by atoms with Gasteiger partial charge in [-0.1, -0.05) is 0 Å². The normalized spacial score (nSPS) is 28.2. The van der Waals surface area contributed by atoms with Gasteiger partial charge in [0.25, 0.3) is 0 Å². The summed E-state index contributed by atoms with van der Waals surface area (Å²) in [5, 5.41) is 13.8. The van der Waals surface area contributed by atoms with Gasteiger partial charge < -0.3 is 21.3 Å². The van der Waals surface area contributed by atoms with Crippen LogP contribution in [0.3, 0.4) is 0 Å². The van der Waals surface area contributed by atoms with Crippen molar-refractivity contribution in [1.82, 2.24) is 21.3 Å². The summed E-state index contributed by atoms with van der Waals surface area (Å²) in [6.45, 7) is 12.6. The lowest BCUT2D eigenvalue weighted by Crippen LogP contribution is -2.27. The lowest BCUT2D eigenvalue weighted by molar-refractivity contribution is 0.626. The molecule has 4 nitrogen and oxygen atoms in total. The molecule has 18 heavy (non-hydrogen) atoms. The van der Waals surface area contributed by atoms with Crippen molar-refractivity contribution in [2.75, 3.05) is 26.2 Å². The highest BCUT2D eigenvalue weighted by atomic mass is 15.0. The molecule has 104 valence electrons. The number of hydrogen-bond acceptors (Lipinski definition) is 4. The maximum atomic E-state index is 3.46. The maximum Gasteiger partial charge on any atom is 0.0265 e. The molecule has 1 aliphatic heterocycles. The Hall–Kier alpha value is -1.32. The van der Waals surface area contributed by atoms with Crippen molar-refractivity contribution in [3.8, 4) is 0 Å². The number of hydrogen-bond donors (Lipinski definition) is 4. The van der Waals surface area contributed by atoms with Crippen molar-refractivity contribution >= 4 is 0 Å². The van der Waals surface area contributed by atoms with Gasteiger partial charge >= 0.3 is 0 Å². The van der Waals surface area contributed by atoms with E-state index in [0.29, 0.717) is 0 Å². The lowest BCUT2D eigenvalue weighted by atomic mass is 10.3. The van der Waals surface area contributed by atoms with Gasteiger partial charge in [0, 0.05) is 49.0 Å². The molecule has 0 aromatic heterocycles. The molecule has 0 fully saturated rings. The van der Waals surface area contributed by atoms with E-state index in [4.69, 9.17) is 0 Å². The zero-order valence-corrected chi connectivity index (χ0v) is 12.2. The molecule has 0 saturated heterocycles. The van der Waals surface area contributed by atoms with Crippen LogP contribution < -0.4 is 21.3 Å². The van der Waals surface area contributed by atoms with Crippen LogP contribution >= 0.6 is 0 Å². The highest BCUT2D eigenvalue weighted by Gasteiger charge is 2.00. The predicted octanol–water partition coefficient (Wildman–Crippen LogP) is 1.64. The van der Waals surface area contributed by atoms with Crippen LogP contribution in [0.5, 0.6) is 0 Å². The van der Waals surface area contributed by atoms with E-state index in [2.05, 4.69) is 49.0 Å². The Balaban J connectivity index is 2.53. The third-order valence-electron chi connectivity index (χ3n) is 3.39. The Kier molecular flexibility index (Phi) is 6.47. The fourth-order valence-electron chi connectivity index (χ4n) is 1.81. The fraction of sp³-hybridized carbons (Fsp3) is 0.714. The van der Waals surface area contributed by atoms with Crippen LogP contribution in [0.1, 0.15) is 40.5 Å². The van der Waals surface area contributed by atoms with Gasteiger partial charge in [0.05, 0.1) is 0 Å². The molecule has 0 saturated carbocycles. The van der Waals surface area contributed by atoms with E-state index in [9.17, 15) is 0 Å². The molecule has 0 aliphatic carbocycles. The van der Waals surface area contributed by atoms with E-state index in [1.807, 2.05) is 0 Å². The Morgan fingerprint density at radius 3 is 0.944 bits per heavy atom. The van der Waals surface area contributed by atoms with Gasteiger partial charge in [-0.05, 0) is 40.5 Å². The standard InChI is InChI=1S/C14H28N4/c1-11-12(2)16-8-6-10-18-14(4)13(3)17-9-5-7-15-11/h15-18H,5-10H2,1-4H3/b12-11+,14-13+. The van der Waals surface area contributed by atoms with Crippen LogP contribution in [-0.2, 0) is 0 Å². The summed E-state index contributed by atoms with van der Waals surface area (Å²) in [7, 11) is 0. The van der Waals surface area contributed by atoms with Gasteiger partial charge in [-0.25, -0.2) is 0 Å². The molecule has 0 atom stereocenters. The van der Waals surface area contributed by atoms with E-state index in [1.165, 1.54) is 22.8 Å². The quantitative estimate of drug-likeness (QED) is 0.529. The molecule has 4 heteroatoms. The summed E-state index contributed by atoms with van der Waals surface area (Å²) < 4.78 is 0. The van der Waals surface area contributed by atoms with Crippen LogP contribution in [-0.4, -0.2) is 26.2 Å². The zero-order chi connectivity index (χ0) is 13.4. The fourth-order valence-corrected chi connectivity index (χ4v) is 1.81. The first kappa shape index (κ1) is 14.7. The first-order valence-electron chi connectivity index (χ1n) is 6.91. The molecule has 1 rings (SSSR count). The van der Waals surface area contributed by atoms with Crippen molar-refractivity contribution in [2.45, 2.75) is 40.5 Å². The van der Waals surface area contributed by atoms with E-state index >= 15 is 0 Å². The highest BCUT2D eigenvalue weighted by Crippen LogP contribution is 1.99. The number of rotatable bonds is 0. The molecule has 4 N–H and O–H groups in total. The minimum Gasteiger partial charge on any atom is -0.387 e. The first-order valence-corrected chi connectivity index (χ1v) is 6.91. The predicted molar refractivity (Wildman–Crippen MR) is 78.0 cm³/mol. The summed E-state index contributed by atoms with van der Waals surface area (Å²) in [4.78, 5) is 0. The minimum atomic E-state index is 1.01. The number of nitrogens with one attached hydrogen (secondary N) is 4. The summed E-state index contributed by atoms with van der Waals surface area (Å²) in [5.74, 6) is 0. The van der Waals surface area contributed by atoms with Crippen LogP contribution in [0, 0.1) is 0 Å². The van der Waals surface area contributed by atoms with Crippen molar-refractivity contribution in [3.63, 3.8) is 0 Å². The molecule has 0 aromatic carbocycles. The molecule has 0 spiro atoms. The van der Waals surface area contributed by atoms with E-state index in [-0.39, 0.29) is 0 Å². The smallest absolute Gasteiger partial charge is 0.0265 e. The molecule has 0 bridgehead atoms. The van der Waals surface area contributed by atoms with Gasteiger partial charge in [-0.2, -0.15) is 0 Å². The average molecular weight is 252 g/mol. The summed E-state index contributed by atoms with van der Waals surface area (Å²) >= 11 is 0. The molecule has 0 amide bonds. The second-order valence-corrected chi connectivity index (χ2v) is 4.91. The molecule has 1 aliphatic rings. The molecular formula is C14H28N4. The van der Waals surface area contributed by atoms with Gasteiger partial charge in [-0.3, -0.25) is 0 Å². The highest BCUT2D eigenvalue weighted by molar-refractivity contribution is 5.07. The first-order chi connectivity index (χ1) is 8.61. The van der Waals surface area contributed by atoms with Crippen molar-refractivity contribution in [3.05, 3.63) is 22.8 Å². The largest absolute Gasteiger partial charge is 0.387 e. The Morgan fingerprint density at radius 2 is 0.722 bits per heavy atom. The van der Waals surface area contributed by atoms with Crippen LogP contribution in [0.15, 0.2) is 22.8 Å². The van der Waals surface area contributed by atoms with Gasteiger partial charge in [-0.15, -0.1) is 0 Å². The van der Waals surface area contributed by atoms with E-state index in [1.54, 1.807) is 0 Å². The van der Waals surface area contributed by atoms with E-state index < -0.39 is 0 Å². The van der Waals surface area contributed by atoms with Crippen LogP contribution in [0.25, 0.3) is 0 Å². The van der Waals surface area contributed by atoms with Gasteiger partial charge in [0.15, 0.2) is 0 Å². The minimum absolute atomic E-state index is 1.01. The molecule has 0 radical (unpaired) electrons. The Morgan fingerprint density at radius 1 is 0.500 bits per heavy atom. The summed E-state index contributed by atoms with van der Waals surface area (Å²) in [6.07, 6.45) is 2.24. The third kappa shape index (κ3) is 5.34. The van der Waals surface area contributed by atoms with Crippen molar-refractivity contribution in [2.24, 2.45) is 0 Å². The average Bonchev–Trinajstić information content (AvgIpc) is 2.35. The summed E-state index contributed by atoms with van der Waals surface area (Å²) in [5.41, 5.74) is 5.01. The van der Waals surface area contributed by atoms with Crippen LogP contribution in [0.4, 0.5) is 0 Å². The van der Waals surface area contributed by atoms with E-state index in [0.717, 1.165) is 39.0 Å². The SMILES string of the molecule is C/C1=C(/C)NCCCN/C(C)=C(\C)NCCCN1.